The van der Waals surface area contributed by atoms with Crippen molar-refractivity contribution in [2.45, 2.75) is 44.9 Å². The molecule has 1 saturated heterocycles. The Bertz CT molecular complexity index is 225. The second-order valence-electron chi connectivity index (χ2n) is 6.31. The Balaban J connectivity index is 1.24. The Kier molecular flexibility index (Phi) is 3.21. The standard InChI is InChI=1S/C14H26N2/c1(2-12-5-9-15-10-12)8-16-11-14(6-7-14)13-3-4-13/h12-13,15-16H,1-11H2. The Labute approximate surface area is 99.6 Å². The first-order chi connectivity index (χ1) is 7.89. The molecule has 1 atom stereocenters. The predicted molar refractivity (Wildman–Crippen MR) is 67.5 cm³/mol. The van der Waals surface area contributed by atoms with Crippen LogP contribution in [0, 0.1) is 17.3 Å². The highest BCUT2D eigenvalue weighted by Crippen LogP contribution is 2.60. The summed E-state index contributed by atoms with van der Waals surface area (Å²) in [5.74, 6) is 2.08. The van der Waals surface area contributed by atoms with Crippen LogP contribution in [0.4, 0.5) is 0 Å². The highest BCUT2D eigenvalue weighted by molar-refractivity contribution is 5.04. The van der Waals surface area contributed by atoms with Gasteiger partial charge in [-0.2, -0.15) is 0 Å². The summed E-state index contributed by atoms with van der Waals surface area (Å²) < 4.78 is 0. The van der Waals surface area contributed by atoms with Gasteiger partial charge in [0.15, 0.2) is 0 Å². The molecule has 2 nitrogen and oxygen atoms in total. The van der Waals surface area contributed by atoms with E-state index in [-0.39, 0.29) is 0 Å². The molecule has 3 aliphatic rings. The molecule has 1 heterocycles. The summed E-state index contributed by atoms with van der Waals surface area (Å²) in [4.78, 5) is 0. The van der Waals surface area contributed by atoms with Crippen molar-refractivity contribution in [3.05, 3.63) is 0 Å². The van der Waals surface area contributed by atoms with E-state index in [4.69, 9.17) is 0 Å². The number of hydrogen-bond acceptors (Lipinski definition) is 2. The van der Waals surface area contributed by atoms with Crippen LogP contribution < -0.4 is 10.6 Å². The van der Waals surface area contributed by atoms with E-state index in [1.54, 1.807) is 0 Å². The Morgan fingerprint density at radius 3 is 2.69 bits per heavy atom. The van der Waals surface area contributed by atoms with Gasteiger partial charge in [0, 0.05) is 6.54 Å². The zero-order valence-corrected chi connectivity index (χ0v) is 10.4. The van der Waals surface area contributed by atoms with Gasteiger partial charge in [-0.3, -0.25) is 0 Å². The summed E-state index contributed by atoms with van der Waals surface area (Å²) in [7, 11) is 0. The minimum absolute atomic E-state index is 0.787. The van der Waals surface area contributed by atoms with Crippen LogP contribution in [0.15, 0.2) is 0 Å². The molecule has 2 aliphatic carbocycles. The summed E-state index contributed by atoms with van der Waals surface area (Å²) in [5.41, 5.74) is 0.787. The minimum atomic E-state index is 0.787. The average molecular weight is 222 g/mol. The normalized spacial score (nSPS) is 31.9. The monoisotopic (exact) mass is 222 g/mol. The average Bonchev–Trinajstić information content (AvgIpc) is 3.18. The molecule has 0 aromatic carbocycles. The van der Waals surface area contributed by atoms with Crippen molar-refractivity contribution in [1.82, 2.24) is 10.6 Å². The molecule has 2 heteroatoms. The first kappa shape index (κ1) is 11.0. The van der Waals surface area contributed by atoms with Gasteiger partial charge in [0.2, 0.25) is 0 Å². The first-order valence-corrected chi connectivity index (χ1v) is 7.30. The smallest absolute Gasteiger partial charge is 0.00105 e. The fourth-order valence-electron chi connectivity index (χ4n) is 3.40. The van der Waals surface area contributed by atoms with Crippen LogP contribution in [0.1, 0.15) is 44.9 Å². The van der Waals surface area contributed by atoms with Crippen molar-refractivity contribution in [1.29, 1.82) is 0 Å². The fraction of sp³-hybridized carbons (Fsp3) is 1.00. The van der Waals surface area contributed by atoms with E-state index in [2.05, 4.69) is 10.6 Å². The molecule has 0 aromatic rings. The lowest BCUT2D eigenvalue weighted by Crippen LogP contribution is -2.26. The van der Waals surface area contributed by atoms with Gasteiger partial charge in [-0.1, -0.05) is 0 Å². The topological polar surface area (TPSA) is 24.1 Å². The lowest BCUT2D eigenvalue weighted by atomic mass is 10.00. The zero-order chi connectivity index (χ0) is 10.8. The quantitative estimate of drug-likeness (QED) is 0.645. The van der Waals surface area contributed by atoms with E-state index in [1.165, 1.54) is 71.1 Å². The molecule has 0 aromatic heterocycles. The van der Waals surface area contributed by atoms with Gasteiger partial charge in [0.25, 0.3) is 0 Å². The summed E-state index contributed by atoms with van der Waals surface area (Å²) in [6.45, 7) is 5.10. The largest absolute Gasteiger partial charge is 0.316 e. The number of hydrogen-bond donors (Lipinski definition) is 2. The maximum absolute atomic E-state index is 3.71. The molecule has 16 heavy (non-hydrogen) atoms. The highest BCUT2D eigenvalue weighted by Gasteiger charge is 2.52. The van der Waals surface area contributed by atoms with E-state index in [1.807, 2.05) is 0 Å². The predicted octanol–water partition coefficient (Wildman–Crippen LogP) is 2.16. The van der Waals surface area contributed by atoms with Crippen molar-refractivity contribution in [2.75, 3.05) is 26.2 Å². The van der Waals surface area contributed by atoms with Crippen LogP contribution in [0.2, 0.25) is 0 Å². The van der Waals surface area contributed by atoms with Crippen molar-refractivity contribution in [2.24, 2.45) is 17.3 Å². The molecule has 1 aliphatic heterocycles. The first-order valence-electron chi connectivity index (χ1n) is 7.30. The Morgan fingerprint density at radius 2 is 2.06 bits per heavy atom. The molecule has 0 radical (unpaired) electrons. The van der Waals surface area contributed by atoms with Crippen LogP contribution >= 0.6 is 0 Å². The van der Waals surface area contributed by atoms with E-state index in [0.29, 0.717) is 0 Å². The third-order valence-electron chi connectivity index (χ3n) is 4.94. The van der Waals surface area contributed by atoms with Gasteiger partial charge in [-0.25, -0.2) is 0 Å². The third kappa shape index (κ3) is 2.60. The molecule has 0 amide bonds. The van der Waals surface area contributed by atoms with Gasteiger partial charge >= 0.3 is 0 Å². The molecule has 2 saturated carbocycles. The molecule has 3 rings (SSSR count). The molecule has 0 bridgehead atoms. The van der Waals surface area contributed by atoms with Gasteiger partial charge < -0.3 is 10.6 Å². The molecular weight excluding hydrogens is 196 g/mol. The maximum atomic E-state index is 3.71. The second kappa shape index (κ2) is 4.66. The van der Waals surface area contributed by atoms with Crippen LogP contribution in [0.25, 0.3) is 0 Å². The van der Waals surface area contributed by atoms with Gasteiger partial charge in [-0.05, 0) is 81.8 Å². The lowest BCUT2D eigenvalue weighted by Gasteiger charge is -2.15. The van der Waals surface area contributed by atoms with Gasteiger partial charge in [-0.15, -0.1) is 0 Å². The molecule has 3 fully saturated rings. The molecule has 92 valence electrons. The van der Waals surface area contributed by atoms with E-state index >= 15 is 0 Å². The fourth-order valence-corrected chi connectivity index (χ4v) is 3.40. The Morgan fingerprint density at radius 1 is 1.19 bits per heavy atom. The van der Waals surface area contributed by atoms with Crippen LogP contribution in [-0.4, -0.2) is 26.2 Å². The zero-order valence-electron chi connectivity index (χ0n) is 10.4. The number of nitrogens with one attached hydrogen (secondary N) is 2. The Hall–Kier alpha value is -0.0800. The maximum Gasteiger partial charge on any atom is 0.00105 e. The van der Waals surface area contributed by atoms with Gasteiger partial charge in [0.05, 0.1) is 0 Å². The van der Waals surface area contributed by atoms with E-state index in [0.717, 1.165) is 17.3 Å². The van der Waals surface area contributed by atoms with Crippen molar-refractivity contribution in [3.63, 3.8) is 0 Å². The van der Waals surface area contributed by atoms with Crippen molar-refractivity contribution >= 4 is 0 Å². The number of rotatable bonds is 7. The summed E-state index contributed by atoms with van der Waals surface area (Å²) in [6.07, 6.45) is 10.3. The van der Waals surface area contributed by atoms with Crippen LogP contribution in [0.5, 0.6) is 0 Å². The summed E-state index contributed by atoms with van der Waals surface area (Å²) >= 11 is 0. The van der Waals surface area contributed by atoms with E-state index < -0.39 is 0 Å². The highest BCUT2D eigenvalue weighted by atomic mass is 14.9. The van der Waals surface area contributed by atoms with Crippen molar-refractivity contribution in [3.8, 4) is 0 Å². The summed E-state index contributed by atoms with van der Waals surface area (Å²) in [6, 6.07) is 0. The lowest BCUT2D eigenvalue weighted by molar-refractivity contribution is 0.394. The van der Waals surface area contributed by atoms with Gasteiger partial charge in [0.1, 0.15) is 0 Å². The molecular formula is C14H26N2. The third-order valence-corrected chi connectivity index (χ3v) is 4.94. The van der Waals surface area contributed by atoms with Crippen LogP contribution in [0.3, 0.4) is 0 Å². The molecule has 1 unspecified atom stereocenters. The SMILES string of the molecule is C(CNCC1(C2CC2)CC1)CC1CCNC1. The second-order valence-corrected chi connectivity index (χ2v) is 6.31. The minimum Gasteiger partial charge on any atom is -0.316 e. The molecule has 2 N–H and O–H groups in total. The summed E-state index contributed by atoms with van der Waals surface area (Å²) in [5, 5.41) is 7.16. The van der Waals surface area contributed by atoms with E-state index in [9.17, 15) is 0 Å². The van der Waals surface area contributed by atoms with Crippen molar-refractivity contribution < 1.29 is 0 Å². The van der Waals surface area contributed by atoms with Crippen LogP contribution in [-0.2, 0) is 0 Å². The molecule has 0 spiro atoms.